The fourth-order valence-corrected chi connectivity index (χ4v) is 0.995. The maximum Gasteiger partial charge on any atom is -0.0167 e. The molecule has 0 fully saturated rings. The molecule has 0 amide bonds. The van der Waals surface area contributed by atoms with E-state index in [1.54, 1.807) is 12.2 Å². The van der Waals surface area contributed by atoms with Crippen molar-refractivity contribution in [3.8, 4) is 0 Å². The van der Waals surface area contributed by atoms with Gasteiger partial charge in [0, 0.05) is 0 Å². The van der Waals surface area contributed by atoms with Gasteiger partial charge in [0.1, 0.15) is 0 Å². The molecule has 0 saturated heterocycles. The monoisotopic (exact) mass is 220 g/mol. The van der Waals surface area contributed by atoms with Gasteiger partial charge in [-0.15, -0.1) is 0 Å². The predicted octanol–water partition coefficient (Wildman–Crippen LogP) is 5.86. The summed E-state index contributed by atoms with van der Waals surface area (Å²) >= 11 is 0. The maximum absolute atomic E-state index is 3.87. The zero-order chi connectivity index (χ0) is 13.6. The summed E-state index contributed by atoms with van der Waals surface area (Å²) in [7, 11) is 0. The van der Waals surface area contributed by atoms with E-state index in [1.807, 2.05) is 53.7 Å². The van der Waals surface area contributed by atoms with Crippen LogP contribution < -0.4 is 0 Å². The Morgan fingerprint density at radius 3 is 1.62 bits per heavy atom. The Morgan fingerprint density at radius 2 is 1.38 bits per heavy atom. The molecule has 0 aromatic rings. The van der Waals surface area contributed by atoms with E-state index < -0.39 is 0 Å². The fourth-order valence-electron chi connectivity index (χ4n) is 0.995. The van der Waals surface area contributed by atoms with E-state index in [2.05, 4.69) is 19.7 Å². The first-order chi connectivity index (χ1) is 7.67. The van der Waals surface area contributed by atoms with Crippen molar-refractivity contribution in [2.24, 2.45) is 0 Å². The van der Waals surface area contributed by atoms with Crippen LogP contribution in [0.1, 0.15) is 41.5 Å². The van der Waals surface area contributed by atoms with Gasteiger partial charge in [0.25, 0.3) is 0 Å². The zero-order valence-corrected chi connectivity index (χ0v) is 11.9. The quantitative estimate of drug-likeness (QED) is 0.520. The smallest absolute Gasteiger partial charge is 0.0167 e. The van der Waals surface area contributed by atoms with Crippen LogP contribution in [0.15, 0.2) is 60.8 Å². The summed E-state index contributed by atoms with van der Waals surface area (Å²) in [6.45, 7) is 23.3. The third-order valence-corrected chi connectivity index (χ3v) is 1.64. The number of hydrogen-bond acceptors (Lipinski definition) is 0. The van der Waals surface area contributed by atoms with Gasteiger partial charge in [-0.3, -0.25) is 0 Å². The highest BCUT2D eigenvalue weighted by molar-refractivity contribution is 5.48. The SMILES string of the molecule is C=CC(=C)/C(C=C)=C(C)\C=C/C.CC.CC. The van der Waals surface area contributed by atoms with Crippen molar-refractivity contribution >= 4 is 0 Å². The van der Waals surface area contributed by atoms with Crippen molar-refractivity contribution in [3.63, 3.8) is 0 Å². The minimum Gasteiger partial charge on any atom is -0.0985 e. The molecule has 0 radical (unpaired) electrons. The number of rotatable bonds is 4. The van der Waals surface area contributed by atoms with Crippen molar-refractivity contribution in [1.82, 2.24) is 0 Å². The summed E-state index contributed by atoms with van der Waals surface area (Å²) in [6, 6.07) is 0. The lowest BCUT2D eigenvalue weighted by atomic mass is 10.0. The summed E-state index contributed by atoms with van der Waals surface area (Å²) in [5, 5.41) is 0. The first kappa shape index (κ1) is 20.2. The molecule has 0 saturated carbocycles. The second-order valence-corrected chi connectivity index (χ2v) is 2.53. The van der Waals surface area contributed by atoms with Gasteiger partial charge in [-0.25, -0.2) is 0 Å². The van der Waals surface area contributed by atoms with Crippen LogP contribution in [0.5, 0.6) is 0 Å². The van der Waals surface area contributed by atoms with Gasteiger partial charge in [-0.2, -0.15) is 0 Å². The first-order valence-electron chi connectivity index (χ1n) is 5.95. The maximum atomic E-state index is 3.87. The van der Waals surface area contributed by atoms with Gasteiger partial charge in [0.15, 0.2) is 0 Å². The molecule has 0 atom stereocenters. The van der Waals surface area contributed by atoms with E-state index in [0.29, 0.717) is 0 Å². The Labute approximate surface area is 103 Å². The summed E-state index contributed by atoms with van der Waals surface area (Å²) in [5.41, 5.74) is 3.14. The van der Waals surface area contributed by atoms with Crippen molar-refractivity contribution < 1.29 is 0 Å². The molecule has 0 aromatic carbocycles. The third-order valence-electron chi connectivity index (χ3n) is 1.64. The van der Waals surface area contributed by atoms with E-state index in [-0.39, 0.29) is 0 Å². The van der Waals surface area contributed by atoms with Crippen LogP contribution in [0.25, 0.3) is 0 Å². The number of hydrogen-bond donors (Lipinski definition) is 0. The summed E-state index contributed by atoms with van der Waals surface area (Å²) in [5.74, 6) is 0. The third kappa shape index (κ3) is 9.26. The molecule has 0 N–H and O–H groups in total. The van der Waals surface area contributed by atoms with Crippen molar-refractivity contribution in [3.05, 3.63) is 60.8 Å². The highest BCUT2D eigenvalue weighted by Crippen LogP contribution is 2.15. The first-order valence-corrected chi connectivity index (χ1v) is 5.95. The minimum absolute atomic E-state index is 0.917. The topological polar surface area (TPSA) is 0 Å². The van der Waals surface area contributed by atoms with E-state index in [1.165, 1.54) is 0 Å². The Hall–Kier alpha value is -1.30. The Bertz CT molecular complexity index is 249. The highest BCUT2D eigenvalue weighted by atomic mass is 14.0. The molecule has 0 rings (SSSR count). The van der Waals surface area contributed by atoms with Crippen LogP contribution >= 0.6 is 0 Å². The van der Waals surface area contributed by atoms with E-state index in [0.717, 1.165) is 16.7 Å². The average Bonchev–Trinajstić information content (AvgIpc) is 2.35. The largest absolute Gasteiger partial charge is 0.0985 e. The minimum atomic E-state index is 0.917. The molecule has 0 aliphatic heterocycles. The van der Waals surface area contributed by atoms with Crippen LogP contribution in [0.3, 0.4) is 0 Å². The molecule has 0 nitrogen and oxygen atoms in total. The molecule has 0 spiro atoms. The Morgan fingerprint density at radius 1 is 0.938 bits per heavy atom. The fraction of sp³-hybridized carbons (Fsp3) is 0.375. The van der Waals surface area contributed by atoms with Gasteiger partial charge >= 0.3 is 0 Å². The summed E-state index contributed by atoms with van der Waals surface area (Å²) in [6.07, 6.45) is 7.57. The van der Waals surface area contributed by atoms with Crippen molar-refractivity contribution in [2.75, 3.05) is 0 Å². The molecule has 0 unspecified atom stereocenters. The second-order valence-electron chi connectivity index (χ2n) is 2.53. The molecule has 0 aromatic heterocycles. The predicted molar refractivity (Wildman–Crippen MR) is 79.7 cm³/mol. The molecule has 0 heterocycles. The molecule has 0 aliphatic carbocycles. The van der Waals surface area contributed by atoms with Gasteiger partial charge in [0.2, 0.25) is 0 Å². The van der Waals surface area contributed by atoms with Gasteiger partial charge in [-0.1, -0.05) is 71.7 Å². The lowest BCUT2D eigenvalue weighted by Crippen LogP contribution is -1.84. The standard InChI is InChI=1S/C12H16.2C2H6/c1-6-9-11(5)12(8-3)10(4)7-2;2*1-2/h6-9H,2-4H2,1,5H3;2*1-2H3/b9-6-,12-11-;;. The van der Waals surface area contributed by atoms with Crippen LogP contribution in [-0.4, -0.2) is 0 Å². The van der Waals surface area contributed by atoms with Crippen LogP contribution in [0.4, 0.5) is 0 Å². The molecule has 0 heteroatoms. The second kappa shape index (κ2) is 16.1. The molecule has 0 aliphatic rings. The van der Waals surface area contributed by atoms with Gasteiger partial charge < -0.3 is 0 Å². The van der Waals surface area contributed by atoms with E-state index in [9.17, 15) is 0 Å². The van der Waals surface area contributed by atoms with Gasteiger partial charge in [-0.05, 0) is 30.6 Å². The summed E-state index contributed by atoms with van der Waals surface area (Å²) < 4.78 is 0. The number of allylic oxidation sites excluding steroid dienone is 7. The zero-order valence-electron chi connectivity index (χ0n) is 11.9. The van der Waals surface area contributed by atoms with Crippen molar-refractivity contribution in [2.45, 2.75) is 41.5 Å². The van der Waals surface area contributed by atoms with Crippen LogP contribution in [0.2, 0.25) is 0 Å². The molecule has 16 heavy (non-hydrogen) atoms. The van der Waals surface area contributed by atoms with Crippen molar-refractivity contribution in [1.29, 1.82) is 0 Å². The Balaban J connectivity index is -0.000000376. The van der Waals surface area contributed by atoms with Crippen LogP contribution in [-0.2, 0) is 0 Å². The molecular formula is C16H28. The molecule has 0 bridgehead atoms. The van der Waals surface area contributed by atoms with Gasteiger partial charge in [0.05, 0.1) is 0 Å². The van der Waals surface area contributed by atoms with E-state index in [4.69, 9.17) is 0 Å². The van der Waals surface area contributed by atoms with E-state index >= 15 is 0 Å². The Kier molecular flexibility index (Phi) is 20.3. The lowest BCUT2D eigenvalue weighted by molar-refractivity contribution is 1.41. The average molecular weight is 220 g/mol. The molecular weight excluding hydrogens is 192 g/mol. The highest BCUT2D eigenvalue weighted by Gasteiger charge is 1.96. The lowest BCUT2D eigenvalue weighted by Gasteiger charge is -2.03. The normalized spacial score (nSPS) is 10.1. The summed E-state index contributed by atoms with van der Waals surface area (Å²) in [4.78, 5) is 0. The molecule has 92 valence electrons. The van der Waals surface area contributed by atoms with Crippen LogP contribution in [0, 0.1) is 0 Å².